The lowest BCUT2D eigenvalue weighted by molar-refractivity contribution is 0.410. The smallest absolute Gasteiger partial charge is 0.122 e. The van der Waals surface area contributed by atoms with Crippen LogP contribution in [0.25, 0.3) is 0 Å². The highest BCUT2D eigenvalue weighted by Gasteiger charge is 2.03. The largest absolute Gasteiger partial charge is 0.496 e. The van der Waals surface area contributed by atoms with Gasteiger partial charge in [-0.3, -0.25) is 0 Å². The van der Waals surface area contributed by atoms with Gasteiger partial charge in [-0.2, -0.15) is 0 Å². The zero-order chi connectivity index (χ0) is 14.1. The number of methoxy groups -OCH3 is 1. The summed E-state index contributed by atoms with van der Waals surface area (Å²) < 4.78 is 5.35. The van der Waals surface area contributed by atoms with Crippen LogP contribution in [0.5, 0.6) is 5.75 Å². The number of rotatable bonds is 9. The van der Waals surface area contributed by atoms with Crippen molar-refractivity contribution < 1.29 is 4.74 Å². The standard InChI is InChI=1S/C16H28N2O/c1-4-15-11-14(5-6-16(15)19-3)8-10-18-9-7-13(2)12-17/h5-6,11,13,18H,4,7-10,12,17H2,1-3H3. The molecule has 1 aromatic rings. The molecule has 1 aromatic carbocycles. The van der Waals surface area contributed by atoms with Gasteiger partial charge in [-0.25, -0.2) is 0 Å². The van der Waals surface area contributed by atoms with Crippen molar-refractivity contribution in [2.75, 3.05) is 26.7 Å². The van der Waals surface area contributed by atoms with Crippen molar-refractivity contribution in [1.29, 1.82) is 0 Å². The topological polar surface area (TPSA) is 47.3 Å². The van der Waals surface area contributed by atoms with Crippen LogP contribution in [0.15, 0.2) is 18.2 Å². The first-order valence-electron chi connectivity index (χ1n) is 7.27. The Bertz CT molecular complexity index is 366. The van der Waals surface area contributed by atoms with Gasteiger partial charge in [-0.15, -0.1) is 0 Å². The van der Waals surface area contributed by atoms with E-state index >= 15 is 0 Å². The van der Waals surface area contributed by atoms with Gasteiger partial charge in [0, 0.05) is 0 Å². The molecule has 0 saturated heterocycles. The average Bonchev–Trinajstić information content (AvgIpc) is 2.46. The number of benzene rings is 1. The second kappa shape index (κ2) is 8.94. The number of nitrogens with two attached hydrogens (primary N) is 1. The quantitative estimate of drug-likeness (QED) is 0.673. The van der Waals surface area contributed by atoms with Crippen LogP contribution in [0, 0.1) is 5.92 Å². The highest BCUT2D eigenvalue weighted by atomic mass is 16.5. The highest BCUT2D eigenvalue weighted by Crippen LogP contribution is 2.20. The molecule has 0 bridgehead atoms. The van der Waals surface area contributed by atoms with E-state index in [1.807, 2.05) is 0 Å². The summed E-state index contributed by atoms with van der Waals surface area (Å²) in [5.74, 6) is 1.61. The third kappa shape index (κ3) is 5.62. The van der Waals surface area contributed by atoms with Gasteiger partial charge < -0.3 is 15.8 Å². The maximum absolute atomic E-state index is 5.60. The number of ether oxygens (including phenoxy) is 1. The van der Waals surface area contributed by atoms with E-state index in [2.05, 4.69) is 37.4 Å². The van der Waals surface area contributed by atoms with Gasteiger partial charge in [0.25, 0.3) is 0 Å². The van der Waals surface area contributed by atoms with Crippen LogP contribution in [-0.4, -0.2) is 26.7 Å². The van der Waals surface area contributed by atoms with Gasteiger partial charge >= 0.3 is 0 Å². The molecule has 0 spiro atoms. The molecule has 0 aromatic heterocycles. The van der Waals surface area contributed by atoms with Crippen molar-refractivity contribution in [3.05, 3.63) is 29.3 Å². The lowest BCUT2D eigenvalue weighted by Gasteiger charge is -2.11. The molecule has 1 unspecified atom stereocenters. The summed E-state index contributed by atoms with van der Waals surface area (Å²) in [4.78, 5) is 0. The van der Waals surface area contributed by atoms with E-state index in [4.69, 9.17) is 10.5 Å². The van der Waals surface area contributed by atoms with Crippen LogP contribution in [0.1, 0.15) is 31.4 Å². The van der Waals surface area contributed by atoms with Gasteiger partial charge in [0.1, 0.15) is 5.75 Å². The van der Waals surface area contributed by atoms with Gasteiger partial charge in [0.05, 0.1) is 7.11 Å². The maximum atomic E-state index is 5.60. The first kappa shape index (κ1) is 16.0. The van der Waals surface area contributed by atoms with Gasteiger partial charge in [-0.05, 0) is 62.0 Å². The van der Waals surface area contributed by atoms with E-state index in [1.54, 1.807) is 7.11 Å². The van der Waals surface area contributed by atoms with Crippen molar-refractivity contribution >= 4 is 0 Å². The number of hydrogen-bond donors (Lipinski definition) is 2. The van der Waals surface area contributed by atoms with E-state index in [-0.39, 0.29) is 0 Å². The second-order valence-corrected chi connectivity index (χ2v) is 5.13. The third-order valence-electron chi connectivity index (χ3n) is 3.53. The molecule has 3 N–H and O–H groups in total. The molecule has 1 rings (SSSR count). The minimum Gasteiger partial charge on any atom is -0.496 e. The van der Waals surface area contributed by atoms with Crippen molar-refractivity contribution in [2.45, 2.75) is 33.1 Å². The summed E-state index contributed by atoms with van der Waals surface area (Å²) in [5, 5.41) is 3.48. The Morgan fingerprint density at radius 1 is 1.32 bits per heavy atom. The minimum atomic E-state index is 0.611. The van der Waals surface area contributed by atoms with Crippen LogP contribution in [-0.2, 0) is 12.8 Å². The Kier molecular flexibility index (Phi) is 7.53. The molecule has 0 aliphatic carbocycles. The monoisotopic (exact) mass is 264 g/mol. The van der Waals surface area contributed by atoms with E-state index in [9.17, 15) is 0 Å². The molecule has 3 heteroatoms. The molecule has 0 radical (unpaired) electrons. The van der Waals surface area contributed by atoms with E-state index in [0.29, 0.717) is 5.92 Å². The van der Waals surface area contributed by atoms with E-state index < -0.39 is 0 Å². The Morgan fingerprint density at radius 2 is 2.11 bits per heavy atom. The summed E-state index contributed by atoms with van der Waals surface area (Å²) in [6.45, 7) is 7.20. The molecule has 0 fully saturated rings. The van der Waals surface area contributed by atoms with Crippen molar-refractivity contribution in [2.24, 2.45) is 11.7 Å². The predicted molar refractivity (Wildman–Crippen MR) is 81.8 cm³/mol. The van der Waals surface area contributed by atoms with Gasteiger partial charge in [-0.1, -0.05) is 26.0 Å². The molecule has 19 heavy (non-hydrogen) atoms. The third-order valence-corrected chi connectivity index (χ3v) is 3.53. The molecular formula is C16H28N2O. The second-order valence-electron chi connectivity index (χ2n) is 5.13. The summed E-state index contributed by atoms with van der Waals surface area (Å²) in [7, 11) is 1.73. The first-order chi connectivity index (χ1) is 9.21. The number of aryl methyl sites for hydroxylation is 1. The van der Waals surface area contributed by atoms with E-state index in [1.165, 1.54) is 11.1 Å². The lowest BCUT2D eigenvalue weighted by Crippen LogP contribution is -2.22. The maximum Gasteiger partial charge on any atom is 0.122 e. The molecular weight excluding hydrogens is 236 g/mol. The van der Waals surface area contributed by atoms with E-state index in [0.717, 1.165) is 44.6 Å². The van der Waals surface area contributed by atoms with Gasteiger partial charge in [0.2, 0.25) is 0 Å². The first-order valence-corrected chi connectivity index (χ1v) is 7.27. The molecule has 1 atom stereocenters. The molecule has 0 aliphatic rings. The van der Waals surface area contributed by atoms with Crippen LogP contribution in [0.4, 0.5) is 0 Å². The Morgan fingerprint density at radius 3 is 2.74 bits per heavy atom. The fourth-order valence-electron chi connectivity index (χ4n) is 2.09. The van der Waals surface area contributed by atoms with Crippen LogP contribution in [0.3, 0.4) is 0 Å². The van der Waals surface area contributed by atoms with Crippen LogP contribution in [0.2, 0.25) is 0 Å². The molecule has 0 heterocycles. The SMILES string of the molecule is CCc1cc(CCNCCC(C)CN)ccc1OC. The lowest BCUT2D eigenvalue weighted by atomic mass is 10.0. The molecule has 0 saturated carbocycles. The summed E-state index contributed by atoms with van der Waals surface area (Å²) in [5.41, 5.74) is 8.26. The normalized spacial score (nSPS) is 12.4. The average molecular weight is 264 g/mol. The Balaban J connectivity index is 2.33. The Labute approximate surface area is 117 Å². The zero-order valence-electron chi connectivity index (χ0n) is 12.5. The summed E-state index contributed by atoms with van der Waals surface area (Å²) in [6, 6.07) is 6.48. The van der Waals surface area contributed by atoms with Crippen molar-refractivity contribution in [3.63, 3.8) is 0 Å². The van der Waals surface area contributed by atoms with Gasteiger partial charge in [0.15, 0.2) is 0 Å². The number of nitrogens with one attached hydrogen (secondary N) is 1. The molecule has 0 amide bonds. The van der Waals surface area contributed by atoms with Crippen molar-refractivity contribution in [3.8, 4) is 5.75 Å². The molecule has 108 valence electrons. The summed E-state index contributed by atoms with van der Waals surface area (Å²) in [6.07, 6.45) is 3.23. The van der Waals surface area contributed by atoms with Crippen molar-refractivity contribution in [1.82, 2.24) is 5.32 Å². The fraction of sp³-hybridized carbons (Fsp3) is 0.625. The fourth-order valence-corrected chi connectivity index (χ4v) is 2.09. The zero-order valence-corrected chi connectivity index (χ0v) is 12.5. The molecule has 3 nitrogen and oxygen atoms in total. The van der Waals surface area contributed by atoms with Crippen LogP contribution >= 0.6 is 0 Å². The Hall–Kier alpha value is -1.06. The minimum absolute atomic E-state index is 0.611. The highest BCUT2D eigenvalue weighted by molar-refractivity contribution is 5.37. The number of hydrogen-bond acceptors (Lipinski definition) is 3. The van der Waals surface area contributed by atoms with Crippen LogP contribution < -0.4 is 15.8 Å². The molecule has 0 aliphatic heterocycles. The summed E-state index contributed by atoms with van der Waals surface area (Å²) >= 11 is 0. The predicted octanol–water partition coefficient (Wildman–Crippen LogP) is 2.37.